The zero-order valence-electron chi connectivity index (χ0n) is 11.7. The van der Waals surface area contributed by atoms with Gasteiger partial charge in [0.2, 0.25) is 0 Å². The molecule has 2 rings (SSSR count). The van der Waals surface area contributed by atoms with Crippen LogP contribution in [-0.2, 0) is 13.0 Å². The van der Waals surface area contributed by atoms with Crippen molar-refractivity contribution >= 4 is 11.6 Å². The summed E-state index contributed by atoms with van der Waals surface area (Å²) in [5, 5.41) is 2.83. The zero-order valence-corrected chi connectivity index (χ0v) is 11.7. The fourth-order valence-corrected chi connectivity index (χ4v) is 1.98. The van der Waals surface area contributed by atoms with Crippen LogP contribution in [0.5, 0.6) is 0 Å². The maximum absolute atomic E-state index is 12.1. The van der Waals surface area contributed by atoms with Crippen LogP contribution in [0.15, 0.2) is 30.6 Å². The van der Waals surface area contributed by atoms with E-state index in [1.54, 1.807) is 12.3 Å². The first-order chi connectivity index (χ1) is 9.61. The number of pyridine rings is 2. The lowest BCUT2D eigenvalue weighted by Crippen LogP contribution is -2.25. The molecule has 2 aromatic rings. The topological polar surface area (TPSA) is 80.9 Å². The average Bonchev–Trinajstić information content (AvgIpc) is 2.45. The van der Waals surface area contributed by atoms with Crippen LogP contribution in [0.4, 0.5) is 5.69 Å². The molecule has 0 saturated carbocycles. The van der Waals surface area contributed by atoms with E-state index in [2.05, 4.69) is 22.2 Å². The Morgan fingerprint density at radius 3 is 2.90 bits per heavy atom. The van der Waals surface area contributed by atoms with E-state index in [-0.39, 0.29) is 5.91 Å². The number of anilines is 1. The summed E-state index contributed by atoms with van der Waals surface area (Å²) in [5.74, 6) is -0.234. The van der Waals surface area contributed by atoms with E-state index in [1.807, 2.05) is 19.1 Å². The molecule has 0 spiro atoms. The highest BCUT2D eigenvalue weighted by Gasteiger charge is 2.11. The first-order valence-corrected chi connectivity index (χ1v) is 6.55. The van der Waals surface area contributed by atoms with Crippen molar-refractivity contribution in [2.45, 2.75) is 26.8 Å². The lowest BCUT2D eigenvalue weighted by Gasteiger charge is -2.09. The van der Waals surface area contributed by atoms with Crippen LogP contribution in [0.25, 0.3) is 0 Å². The minimum Gasteiger partial charge on any atom is -0.398 e. The molecule has 5 heteroatoms. The van der Waals surface area contributed by atoms with Crippen LogP contribution in [-0.4, -0.2) is 15.9 Å². The van der Waals surface area contributed by atoms with Crippen LogP contribution in [0.1, 0.15) is 34.2 Å². The highest BCUT2D eigenvalue weighted by atomic mass is 16.1. The fourth-order valence-electron chi connectivity index (χ4n) is 1.98. The molecule has 2 heterocycles. The number of hydrogen-bond acceptors (Lipinski definition) is 4. The molecule has 0 bridgehead atoms. The summed E-state index contributed by atoms with van der Waals surface area (Å²) in [6.45, 7) is 4.28. The summed E-state index contributed by atoms with van der Waals surface area (Å²) in [4.78, 5) is 20.5. The van der Waals surface area contributed by atoms with Crippen molar-refractivity contribution in [1.82, 2.24) is 15.3 Å². The van der Waals surface area contributed by atoms with Gasteiger partial charge in [-0.25, -0.2) is 0 Å². The number of aromatic nitrogens is 2. The second kappa shape index (κ2) is 6.14. The van der Waals surface area contributed by atoms with Crippen LogP contribution in [0, 0.1) is 6.92 Å². The maximum atomic E-state index is 12.1. The normalized spacial score (nSPS) is 10.3. The van der Waals surface area contributed by atoms with E-state index >= 15 is 0 Å². The quantitative estimate of drug-likeness (QED) is 0.888. The number of nitrogens with one attached hydrogen (secondary N) is 1. The molecule has 5 nitrogen and oxygen atoms in total. The van der Waals surface area contributed by atoms with Gasteiger partial charge >= 0.3 is 0 Å². The Hall–Kier alpha value is -2.43. The van der Waals surface area contributed by atoms with E-state index in [4.69, 9.17) is 5.73 Å². The molecule has 0 atom stereocenters. The Morgan fingerprint density at radius 2 is 2.20 bits per heavy atom. The number of hydrogen-bond donors (Lipinski definition) is 2. The van der Waals surface area contributed by atoms with E-state index in [0.717, 1.165) is 23.4 Å². The first kappa shape index (κ1) is 14.0. The minimum atomic E-state index is -0.234. The van der Waals surface area contributed by atoms with Gasteiger partial charge in [0, 0.05) is 23.8 Å². The first-order valence-electron chi connectivity index (χ1n) is 6.55. The van der Waals surface area contributed by atoms with Gasteiger partial charge in [-0.1, -0.05) is 13.0 Å². The van der Waals surface area contributed by atoms with E-state index < -0.39 is 0 Å². The largest absolute Gasteiger partial charge is 0.398 e. The summed E-state index contributed by atoms with van der Waals surface area (Å²) in [5.41, 5.74) is 9.45. The third kappa shape index (κ3) is 3.12. The van der Waals surface area contributed by atoms with Crippen LogP contribution >= 0.6 is 0 Å². The molecule has 0 radical (unpaired) electrons. The molecule has 20 heavy (non-hydrogen) atoms. The average molecular weight is 270 g/mol. The van der Waals surface area contributed by atoms with Crippen molar-refractivity contribution in [3.05, 3.63) is 53.1 Å². The monoisotopic (exact) mass is 270 g/mol. The molecule has 0 aliphatic rings. The van der Waals surface area contributed by atoms with E-state index in [0.29, 0.717) is 17.8 Å². The van der Waals surface area contributed by atoms with Gasteiger partial charge in [0.1, 0.15) is 0 Å². The van der Waals surface area contributed by atoms with Gasteiger partial charge in [-0.2, -0.15) is 0 Å². The zero-order chi connectivity index (χ0) is 14.5. The van der Waals surface area contributed by atoms with E-state index in [1.165, 1.54) is 6.20 Å². The van der Waals surface area contributed by atoms with Crippen LogP contribution in [0.3, 0.4) is 0 Å². The van der Waals surface area contributed by atoms with Gasteiger partial charge in [0.05, 0.1) is 17.8 Å². The number of nitrogens with two attached hydrogens (primary N) is 1. The maximum Gasteiger partial charge on any atom is 0.255 e. The predicted octanol–water partition coefficient (Wildman–Crippen LogP) is 1.86. The van der Waals surface area contributed by atoms with Crippen molar-refractivity contribution < 1.29 is 4.79 Å². The smallest absolute Gasteiger partial charge is 0.255 e. The number of carbonyl (C=O) groups excluding carboxylic acids is 1. The van der Waals surface area contributed by atoms with Gasteiger partial charge in [0.15, 0.2) is 0 Å². The Bertz CT molecular complexity index is 625. The van der Waals surface area contributed by atoms with Crippen molar-refractivity contribution in [1.29, 1.82) is 0 Å². The van der Waals surface area contributed by atoms with Crippen LogP contribution < -0.4 is 11.1 Å². The van der Waals surface area contributed by atoms with Crippen molar-refractivity contribution in [2.24, 2.45) is 0 Å². The molecule has 0 aromatic carbocycles. The summed E-state index contributed by atoms with van der Waals surface area (Å²) in [6, 6.07) is 5.59. The summed E-state index contributed by atoms with van der Waals surface area (Å²) in [7, 11) is 0. The molecule has 1 amide bonds. The Labute approximate surface area is 118 Å². The molecular formula is C15H18N4O. The third-order valence-electron chi connectivity index (χ3n) is 3.10. The molecular weight excluding hydrogens is 252 g/mol. The summed E-state index contributed by atoms with van der Waals surface area (Å²) < 4.78 is 0. The molecule has 0 saturated heterocycles. The second-order valence-electron chi connectivity index (χ2n) is 4.56. The lowest BCUT2D eigenvalue weighted by molar-refractivity contribution is 0.0951. The fraction of sp³-hybridized carbons (Fsp3) is 0.267. The van der Waals surface area contributed by atoms with Gasteiger partial charge in [-0.15, -0.1) is 0 Å². The summed E-state index contributed by atoms with van der Waals surface area (Å²) in [6.07, 6.45) is 4.11. The highest BCUT2D eigenvalue weighted by molar-refractivity contribution is 5.98. The number of carbonyl (C=O) groups is 1. The number of amides is 1. The standard InChI is InChI=1S/C15H18N4O/c1-3-11-5-4-6-17-14(11)9-19-15(20)12-8-18-10(2)7-13(12)16/h4-8H,3,9H2,1-2H3,(H2,16,18)(H,19,20). The molecule has 3 N–H and O–H groups in total. The SMILES string of the molecule is CCc1cccnc1CNC(=O)c1cnc(C)cc1N. The molecule has 104 valence electrons. The molecule has 2 aromatic heterocycles. The third-order valence-corrected chi connectivity index (χ3v) is 3.10. The van der Waals surface area contributed by atoms with Gasteiger partial charge in [0.25, 0.3) is 5.91 Å². The van der Waals surface area contributed by atoms with Crippen LogP contribution in [0.2, 0.25) is 0 Å². The number of rotatable bonds is 4. The number of nitrogens with zero attached hydrogens (tertiary/aromatic N) is 2. The summed E-state index contributed by atoms with van der Waals surface area (Å²) >= 11 is 0. The number of nitrogen functional groups attached to an aromatic ring is 1. The second-order valence-corrected chi connectivity index (χ2v) is 4.56. The van der Waals surface area contributed by atoms with E-state index in [9.17, 15) is 4.79 Å². The van der Waals surface area contributed by atoms with Crippen molar-refractivity contribution in [3.63, 3.8) is 0 Å². The Morgan fingerprint density at radius 1 is 1.40 bits per heavy atom. The molecule has 0 unspecified atom stereocenters. The van der Waals surface area contributed by atoms with Gasteiger partial charge in [-0.05, 0) is 31.0 Å². The Balaban J connectivity index is 2.09. The Kier molecular flexibility index (Phi) is 4.30. The highest BCUT2D eigenvalue weighted by Crippen LogP contribution is 2.12. The molecule has 0 aliphatic carbocycles. The predicted molar refractivity (Wildman–Crippen MR) is 78.2 cm³/mol. The van der Waals surface area contributed by atoms with Gasteiger partial charge in [-0.3, -0.25) is 14.8 Å². The lowest BCUT2D eigenvalue weighted by atomic mass is 10.1. The number of aryl methyl sites for hydroxylation is 2. The minimum absolute atomic E-state index is 0.234. The van der Waals surface area contributed by atoms with Gasteiger partial charge < -0.3 is 11.1 Å². The molecule has 0 fully saturated rings. The van der Waals surface area contributed by atoms with Crippen molar-refractivity contribution in [3.8, 4) is 0 Å². The molecule has 0 aliphatic heterocycles. The van der Waals surface area contributed by atoms with Crippen molar-refractivity contribution in [2.75, 3.05) is 5.73 Å².